The zero-order valence-electron chi connectivity index (χ0n) is 36.6. The van der Waals surface area contributed by atoms with E-state index in [9.17, 15) is 14.4 Å². The number of quaternary nitrogens is 2. The van der Waals surface area contributed by atoms with E-state index >= 15 is 0 Å². The second kappa shape index (κ2) is 20.1. The van der Waals surface area contributed by atoms with Gasteiger partial charge >= 0.3 is 17.9 Å². The van der Waals surface area contributed by atoms with E-state index in [0.29, 0.717) is 48.2 Å². The highest BCUT2D eigenvalue weighted by Crippen LogP contribution is 2.68. The smallest absolute Gasteiger partial charge is 0.306 e. The fraction of sp³-hybridized carbons (Fsp3) is 0.935. The molecule has 4 aliphatic rings. The number of unbranched alkanes of at least 4 members (excludes halogenated alkanes) is 6. The SMILES string of the molecule is C[C@H](CCC(=O)OCCCCCC[N+](C)(C)C)[C@H]1CC[C@H]2[C@@H]3CC[C@@H]4C[C@H](OC(=O)CCC(=O)OCCCCCC[N+](C)(C)C)CC[C@]4(C)[C@H]3CC[C@]12C. The predicted molar refractivity (Wildman–Crippen MR) is 217 cm³/mol. The van der Waals surface area contributed by atoms with E-state index in [0.717, 1.165) is 91.1 Å². The van der Waals surface area contributed by atoms with Crippen LogP contribution in [0.15, 0.2) is 0 Å². The van der Waals surface area contributed by atoms with Gasteiger partial charge in [-0.3, -0.25) is 14.4 Å². The van der Waals surface area contributed by atoms with Crippen molar-refractivity contribution < 1.29 is 37.6 Å². The van der Waals surface area contributed by atoms with Gasteiger partial charge in [0.2, 0.25) is 0 Å². The van der Waals surface area contributed by atoms with Crippen molar-refractivity contribution in [3.8, 4) is 0 Å². The third-order valence-corrected chi connectivity index (χ3v) is 15.0. The molecule has 4 fully saturated rings. The van der Waals surface area contributed by atoms with Crippen LogP contribution in [0.1, 0.15) is 156 Å². The summed E-state index contributed by atoms with van der Waals surface area (Å²) in [6.07, 6.45) is 21.4. The number of carbonyl (C=O) groups is 3. The third-order valence-electron chi connectivity index (χ3n) is 15.0. The number of carbonyl (C=O) groups excluding carboxylic acids is 3. The summed E-state index contributed by atoms with van der Waals surface area (Å²) < 4.78 is 19.1. The molecule has 0 radical (unpaired) electrons. The first kappa shape index (κ1) is 45.0. The third kappa shape index (κ3) is 13.2. The van der Waals surface area contributed by atoms with Gasteiger partial charge in [0.25, 0.3) is 0 Å². The van der Waals surface area contributed by atoms with Gasteiger partial charge in [-0.1, -0.05) is 20.8 Å². The fourth-order valence-corrected chi connectivity index (χ4v) is 11.9. The lowest BCUT2D eigenvalue weighted by Crippen LogP contribution is -2.54. The summed E-state index contributed by atoms with van der Waals surface area (Å²) in [4.78, 5) is 37.7. The van der Waals surface area contributed by atoms with E-state index < -0.39 is 0 Å². The average Bonchev–Trinajstić information content (AvgIpc) is 3.45. The van der Waals surface area contributed by atoms with Crippen molar-refractivity contribution in [2.24, 2.45) is 46.3 Å². The maximum absolute atomic E-state index is 12.8. The molecular formula is C46H84N2O6+2. The standard InChI is InChI=1S/C46H84N2O6/c1-35(18-23-42(49)52-32-16-12-10-14-30-47(4,5)6)39-21-22-40-38-20-19-36-34-37(26-28-45(36,2)41(38)27-29-46(39,40)3)54-44(51)25-24-43(50)53-33-17-13-11-15-31-48(7,8)9/h35-41H,10-34H2,1-9H3/q+2/t35-,36-,37-,38+,39-,40+,41+,45+,46-/m1/s1. The van der Waals surface area contributed by atoms with Crippen molar-refractivity contribution in [2.75, 3.05) is 68.6 Å². The topological polar surface area (TPSA) is 78.9 Å². The Hall–Kier alpha value is -1.67. The fourth-order valence-electron chi connectivity index (χ4n) is 11.9. The van der Waals surface area contributed by atoms with Crippen molar-refractivity contribution in [2.45, 2.75) is 162 Å². The summed E-state index contributed by atoms with van der Waals surface area (Å²) in [5.41, 5.74) is 0.695. The Morgan fingerprint density at radius 1 is 0.611 bits per heavy atom. The van der Waals surface area contributed by atoms with Gasteiger partial charge in [-0.15, -0.1) is 0 Å². The number of esters is 3. The normalized spacial score (nSPS) is 31.5. The van der Waals surface area contributed by atoms with Crippen molar-refractivity contribution in [1.29, 1.82) is 0 Å². The van der Waals surface area contributed by atoms with E-state index in [-0.39, 0.29) is 36.9 Å². The summed E-state index contributed by atoms with van der Waals surface area (Å²) in [6, 6.07) is 0. The van der Waals surface area contributed by atoms with Crippen LogP contribution in [0.2, 0.25) is 0 Å². The highest BCUT2D eigenvalue weighted by Gasteiger charge is 2.60. The van der Waals surface area contributed by atoms with Crippen LogP contribution >= 0.6 is 0 Å². The van der Waals surface area contributed by atoms with Crippen molar-refractivity contribution in [3.05, 3.63) is 0 Å². The lowest BCUT2D eigenvalue weighted by atomic mass is 9.44. The summed E-state index contributed by atoms with van der Waals surface area (Å²) >= 11 is 0. The zero-order valence-corrected chi connectivity index (χ0v) is 36.6. The molecule has 0 unspecified atom stereocenters. The minimum atomic E-state index is -0.286. The molecule has 0 aliphatic heterocycles. The van der Waals surface area contributed by atoms with E-state index in [1.54, 1.807) is 0 Å². The first-order valence-corrected chi connectivity index (χ1v) is 22.5. The molecule has 0 spiro atoms. The molecule has 4 saturated carbocycles. The molecule has 0 heterocycles. The number of rotatable bonds is 22. The molecule has 0 aromatic carbocycles. The van der Waals surface area contributed by atoms with Gasteiger partial charge in [-0.2, -0.15) is 0 Å². The van der Waals surface area contributed by atoms with Gasteiger partial charge in [0.1, 0.15) is 6.10 Å². The highest BCUT2D eigenvalue weighted by molar-refractivity contribution is 5.77. The quantitative estimate of drug-likeness (QED) is 0.0474. The van der Waals surface area contributed by atoms with Crippen molar-refractivity contribution in [3.63, 3.8) is 0 Å². The van der Waals surface area contributed by atoms with Crippen molar-refractivity contribution >= 4 is 17.9 Å². The number of fused-ring (bicyclic) bond motifs is 5. The second-order valence-corrected chi connectivity index (χ2v) is 21.1. The van der Waals surface area contributed by atoms with Gasteiger partial charge in [0, 0.05) is 6.42 Å². The monoisotopic (exact) mass is 761 g/mol. The number of hydrogen-bond donors (Lipinski definition) is 0. The van der Waals surface area contributed by atoms with Gasteiger partial charge in [0.15, 0.2) is 0 Å². The molecule has 0 saturated heterocycles. The Kier molecular flexibility index (Phi) is 16.8. The predicted octanol–water partition coefficient (Wildman–Crippen LogP) is 9.37. The molecule has 312 valence electrons. The molecule has 4 aliphatic carbocycles. The molecule has 54 heavy (non-hydrogen) atoms. The van der Waals surface area contributed by atoms with Gasteiger partial charge in [-0.25, -0.2) is 0 Å². The van der Waals surface area contributed by atoms with Gasteiger partial charge in [-0.05, 0) is 162 Å². The van der Waals surface area contributed by atoms with Crippen LogP contribution in [0.3, 0.4) is 0 Å². The number of ether oxygens (including phenoxy) is 3. The van der Waals surface area contributed by atoms with Crippen LogP contribution in [0, 0.1) is 46.3 Å². The van der Waals surface area contributed by atoms with Crippen LogP contribution in [-0.2, 0) is 28.6 Å². The average molecular weight is 761 g/mol. The zero-order chi connectivity index (χ0) is 39.6. The van der Waals surface area contributed by atoms with Crippen LogP contribution in [0.25, 0.3) is 0 Å². The van der Waals surface area contributed by atoms with Crippen molar-refractivity contribution in [1.82, 2.24) is 0 Å². The summed E-state index contributed by atoms with van der Waals surface area (Å²) in [5.74, 6) is 3.65. The first-order chi connectivity index (χ1) is 25.4. The van der Waals surface area contributed by atoms with Crippen LogP contribution in [-0.4, -0.2) is 102 Å². The molecule has 8 nitrogen and oxygen atoms in total. The molecule has 0 aromatic heterocycles. The van der Waals surface area contributed by atoms with Gasteiger partial charge < -0.3 is 23.2 Å². The van der Waals surface area contributed by atoms with E-state index in [2.05, 4.69) is 63.1 Å². The Labute approximate surface area is 331 Å². The van der Waals surface area contributed by atoms with E-state index in [4.69, 9.17) is 14.2 Å². The number of hydrogen-bond acceptors (Lipinski definition) is 6. The second-order valence-electron chi connectivity index (χ2n) is 21.1. The highest BCUT2D eigenvalue weighted by atomic mass is 16.5. The lowest BCUT2D eigenvalue weighted by molar-refractivity contribution is -0.870. The van der Waals surface area contributed by atoms with Crippen LogP contribution < -0.4 is 0 Å². The molecule has 9 atom stereocenters. The molecule has 0 aromatic rings. The summed E-state index contributed by atoms with van der Waals surface area (Å²) in [5, 5.41) is 0. The van der Waals surface area contributed by atoms with E-state index in [1.165, 1.54) is 64.3 Å². The molecule has 4 rings (SSSR count). The Morgan fingerprint density at radius 2 is 1.15 bits per heavy atom. The number of nitrogens with zero attached hydrogens (tertiary/aromatic N) is 2. The Morgan fingerprint density at radius 3 is 1.76 bits per heavy atom. The first-order valence-electron chi connectivity index (χ1n) is 22.5. The summed E-state index contributed by atoms with van der Waals surface area (Å²) in [6.45, 7) is 10.9. The molecular weight excluding hydrogens is 677 g/mol. The molecule has 0 amide bonds. The lowest BCUT2D eigenvalue weighted by Gasteiger charge is -2.61. The molecule has 0 bridgehead atoms. The Bertz CT molecular complexity index is 1190. The minimum Gasteiger partial charge on any atom is -0.466 e. The maximum Gasteiger partial charge on any atom is 0.306 e. The maximum atomic E-state index is 12.8. The van der Waals surface area contributed by atoms with Crippen LogP contribution in [0.5, 0.6) is 0 Å². The Balaban J connectivity index is 1.14. The minimum absolute atomic E-state index is 0.00512. The molecule has 8 heteroatoms. The van der Waals surface area contributed by atoms with Gasteiger partial charge in [0.05, 0.1) is 81.4 Å². The van der Waals surface area contributed by atoms with Crippen LogP contribution in [0.4, 0.5) is 0 Å². The van der Waals surface area contributed by atoms with E-state index in [1.807, 2.05) is 0 Å². The largest absolute Gasteiger partial charge is 0.466 e. The molecule has 0 N–H and O–H groups in total. The summed E-state index contributed by atoms with van der Waals surface area (Å²) in [7, 11) is 13.3.